The molecule has 4 heteroatoms. The van der Waals surface area contributed by atoms with Gasteiger partial charge in [0, 0.05) is 0 Å². The molecule has 2 nitrogen and oxygen atoms in total. The van der Waals surface area contributed by atoms with Gasteiger partial charge in [-0.25, -0.2) is 13.8 Å². The van der Waals surface area contributed by atoms with Crippen LogP contribution in [-0.4, -0.2) is 9.97 Å². The summed E-state index contributed by atoms with van der Waals surface area (Å²) in [6, 6.07) is 8.32. The van der Waals surface area contributed by atoms with Crippen molar-refractivity contribution in [3.8, 4) is 11.4 Å². The van der Waals surface area contributed by atoms with Crippen molar-refractivity contribution in [2.24, 2.45) is 0 Å². The fourth-order valence-electron chi connectivity index (χ4n) is 2.12. The highest BCUT2D eigenvalue weighted by Crippen LogP contribution is 2.27. The lowest BCUT2D eigenvalue weighted by Crippen LogP contribution is -1.94. The molecule has 2 aromatic carbocycles. The molecule has 0 fully saturated rings. The summed E-state index contributed by atoms with van der Waals surface area (Å²) in [6.45, 7) is 3.55. The van der Waals surface area contributed by atoms with E-state index < -0.39 is 11.6 Å². The number of benzene rings is 2. The molecule has 0 radical (unpaired) electrons. The Bertz CT molecular complexity index is 775. The Morgan fingerprint density at radius 2 is 1.84 bits per heavy atom. The van der Waals surface area contributed by atoms with Gasteiger partial charge in [0.25, 0.3) is 0 Å². The lowest BCUT2D eigenvalue weighted by Gasteiger charge is -2.03. The maximum atomic E-state index is 14.1. The van der Waals surface area contributed by atoms with Crippen LogP contribution in [0.25, 0.3) is 22.4 Å². The molecule has 0 bridgehead atoms. The van der Waals surface area contributed by atoms with Crippen molar-refractivity contribution in [1.29, 1.82) is 0 Å². The fraction of sp³-hybridized carbons (Fsp3) is 0.133. The minimum Gasteiger partial charge on any atom is -0.338 e. The Hall–Kier alpha value is -2.23. The normalized spacial score (nSPS) is 11.2. The maximum Gasteiger partial charge on any atom is 0.144 e. The van der Waals surface area contributed by atoms with Gasteiger partial charge in [-0.1, -0.05) is 12.1 Å². The number of nitrogens with zero attached hydrogens (tertiary/aromatic N) is 1. The highest BCUT2D eigenvalue weighted by Gasteiger charge is 2.16. The molecule has 0 spiro atoms. The minimum absolute atomic E-state index is 0.103. The van der Waals surface area contributed by atoms with Gasteiger partial charge in [-0.15, -0.1) is 0 Å². The van der Waals surface area contributed by atoms with Crippen molar-refractivity contribution >= 4 is 11.0 Å². The van der Waals surface area contributed by atoms with Gasteiger partial charge in [-0.2, -0.15) is 0 Å². The van der Waals surface area contributed by atoms with Crippen LogP contribution >= 0.6 is 0 Å². The van der Waals surface area contributed by atoms with Gasteiger partial charge in [0.15, 0.2) is 0 Å². The molecule has 3 aromatic rings. The monoisotopic (exact) mass is 258 g/mol. The molecule has 0 unspecified atom stereocenters. The highest BCUT2D eigenvalue weighted by molar-refractivity contribution is 5.80. The average Bonchev–Trinajstić information content (AvgIpc) is 2.77. The molecule has 3 rings (SSSR count). The van der Waals surface area contributed by atoms with Crippen LogP contribution in [0.15, 0.2) is 30.3 Å². The standard InChI is InChI=1S/C15H12F2N2/c1-8-3-6-11-12(7-8)19-15(18-11)13-10(16)5-4-9(2)14(13)17/h3-7H,1-2H3,(H,18,19). The van der Waals surface area contributed by atoms with E-state index >= 15 is 0 Å². The third-order valence-electron chi connectivity index (χ3n) is 3.16. The first-order valence-electron chi connectivity index (χ1n) is 5.97. The molecule has 19 heavy (non-hydrogen) atoms. The number of H-pyrrole nitrogens is 1. The second-order valence-corrected chi connectivity index (χ2v) is 4.66. The van der Waals surface area contributed by atoms with E-state index in [2.05, 4.69) is 9.97 Å². The number of hydrogen-bond acceptors (Lipinski definition) is 1. The first-order valence-corrected chi connectivity index (χ1v) is 5.97. The van der Waals surface area contributed by atoms with Gasteiger partial charge in [0.2, 0.25) is 0 Å². The third kappa shape index (κ3) is 1.89. The van der Waals surface area contributed by atoms with Crippen molar-refractivity contribution in [2.75, 3.05) is 0 Å². The Balaban J connectivity index is 2.27. The second-order valence-electron chi connectivity index (χ2n) is 4.66. The zero-order valence-corrected chi connectivity index (χ0v) is 10.6. The molecule has 1 aromatic heterocycles. The van der Waals surface area contributed by atoms with Crippen LogP contribution in [0.2, 0.25) is 0 Å². The van der Waals surface area contributed by atoms with Crippen LogP contribution in [0, 0.1) is 25.5 Å². The van der Waals surface area contributed by atoms with E-state index in [0.29, 0.717) is 11.1 Å². The number of aromatic nitrogens is 2. The van der Waals surface area contributed by atoms with Crippen molar-refractivity contribution in [3.63, 3.8) is 0 Å². The SMILES string of the molecule is Cc1ccc2nc(-c3c(F)ccc(C)c3F)[nH]c2c1. The van der Waals surface area contributed by atoms with Gasteiger partial charge in [-0.05, 0) is 43.2 Å². The first kappa shape index (κ1) is 11.8. The number of rotatable bonds is 1. The smallest absolute Gasteiger partial charge is 0.144 e. The first-order chi connectivity index (χ1) is 9.06. The summed E-state index contributed by atoms with van der Waals surface area (Å²) in [5, 5.41) is 0. The van der Waals surface area contributed by atoms with E-state index in [-0.39, 0.29) is 11.4 Å². The third-order valence-corrected chi connectivity index (χ3v) is 3.16. The van der Waals surface area contributed by atoms with Gasteiger partial charge >= 0.3 is 0 Å². The zero-order valence-electron chi connectivity index (χ0n) is 10.6. The lowest BCUT2D eigenvalue weighted by atomic mass is 10.1. The quantitative estimate of drug-likeness (QED) is 0.698. The van der Waals surface area contributed by atoms with Crippen LogP contribution in [0.3, 0.4) is 0 Å². The van der Waals surface area contributed by atoms with Gasteiger partial charge in [0.1, 0.15) is 17.5 Å². The zero-order chi connectivity index (χ0) is 13.6. The van der Waals surface area contributed by atoms with E-state index in [0.717, 1.165) is 11.1 Å². The highest BCUT2D eigenvalue weighted by atomic mass is 19.1. The van der Waals surface area contributed by atoms with Crippen molar-refractivity contribution in [2.45, 2.75) is 13.8 Å². The largest absolute Gasteiger partial charge is 0.338 e. The Labute approximate surface area is 109 Å². The van der Waals surface area contributed by atoms with E-state index in [1.165, 1.54) is 12.1 Å². The van der Waals surface area contributed by atoms with Gasteiger partial charge in [-0.3, -0.25) is 0 Å². The molecule has 0 saturated heterocycles. The molecule has 0 aliphatic carbocycles. The van der Waals surface area contributed by atoms with Crippen LogP contribution in [-0.2, 0) is 0 Å². The Kier molecular flexibility index (Phi) is 2.59. The minimum atomic E-state index is -0.612. The topological polar surface area (TPSA) is 28.7 Å². The summed E-state index contributed by atoms with van der Waals surface area (Å²) in [5.41, 5.74) is 2.82. The number of aromatic amines is 1. The predicted molar refractivity (Wildman–Crippen MR) is 70.9 cm³/mol. The second kappa shape index (κ2) is 4.16. The number of hydrogen-bond donors (Lipinski definition) is 1. The molecule has 1 N–H and O–H groups in total. The molecular weight excluding hydrogens is 246 g/mol. The molecule has 0 amide bonds. The summed E-state index contributed by atoms with van der Waals surface area (Å²) in [6.07, 6.45) is 0. The maximum absolute atomic E-state index is 14.1. The van der Waals surface area contributed by atoms with Crippen molar-refractivity contribution in [3.05, 3.63) is 53.1 Å². The van der Waals surface area contributed by atoms with Crippen molar-refractivity contribution in [1.82, 2.24) is 9.97 Å². The van der Waals surface area contributed by atoms with Crippen LogP contribution in [0.1, 0.15) is 11.1 Å². The Morgan fingerprint density at radius 1 is 1.05 bits per heavy atom. The fourth-order valence-corrected chi connectivity index (χ4v) is 2.12. The van der Waals surface area contributed by atoms with Crippen molar-refractivity contribution < 1.29 is 8.78 Å². The van der Waals surface area contributed by atoms with E-state index in [9.17, 15) is 8.78 Å². The summed E-state index contributed by atoms with van der Waals surface area (Å²) < 4.78 is 27.9. The molecule has 0 atom stereocenters. The number of fused-ring (bicyclic) bond motifs is 1. The van der Waals surface area contributed by atoms with E-state index in [1.54, 1.807) is 6.92 Å². The lowest BCUT2D eigenvalue weighted by molar-refractivity contribution is 0.582. The van der Waals surface area contributed by atoms with Crippen LogP contribution in [0.4, 0.5) is 8.78 Å². The Morgan fingerprint density at radius 3 is 2.63 bits per heavy atom. The molecular formula is C15H12F2N2. The summed E-state index contributed by atoms with van der Waals surface area (Å²) in [5.74, 6) is -0.964. The van der Waals surface area contributed by atoms with Gasteiger partial charge in [0.05, 0.1) is 16.6 Å². The van der Waals surface area contributed by atoms with E-state index in [1.807, 2.05) is 25.1 Å². The van der Waals surface area contributed by atoms with E-state index in [4.69, 9.17) is 0 Å². The molecule has 1 heterocycles. The molecule has 0 saturated carbocycles. The van der Waals surface area contributed by atoms with Crippen LogP contribution < -0.4 is 0 Å². The number of nitrogens with one attached hydrogen (secondary N) is 1. The van der Waals surface area contributed by atoms with Gasteiger partial charge < -0.3 is 4.98 Å². The summed E-state index contributed by atoms with van der Waals surface area (Å²) in [7, 11) is 0. The molecule has 96 valence electrons. The summed E-state index contributed by atoms with van der Waals surface area (Å²) >= 11 is 0. The number of aryl methyl sites for hydroxylation is 2. The number of imidazole rings is 1. The summed E-state index contributed by atoms with van der Waals surface area (Å²) in [4.78, 5) is 7.22. The number of halogens is 2. The molecule has 0 aliphatic heterocycles. The predicted octanol–water partition coefficient (Wildman–Crippen LogP) is 4.12. The average molecular weight is 258 g/mol. The van der Waals surface area contributed by atoms with Crippen LogP contribution in [0.5, 0.6) is 0 Å². The molecule has 0 aliphatic rings.